The van der Waals surface area contributed by atoms with Gasteiger partial charge in [0.25, 0.3) is 0 Å². The summed E-state index contributed by atoms with van der Waals surface area (Å²) in [6.07, 6.45) is 4.95. The number of halogens is 3. The predicted molar refractivity (Wildman–Crippen MR) is 228 cm³/mol. The largest absolute Gasteiger partial charge is 0.505 e. The van der Waals surface area contributed by atoms with Crippen molar-refractivity contribution < 1.29 is 18.6 Å². The fourth-order valence-corrected chi connectivity index (χ4v) is 7.05. The third-order valence-corrected chi connectivity index (χ3v) is 9.96. The van der Waals surface area contributed by atoms with Crippen molar-refractivity contribution in [2.75, 3.05) is 0 Å². The summed E-state index contributed by atoms with van der Waals surface area (Å²) < 4.78 is 34.0. The highest BCUT2D eigenvalue weighted by atomic mass is 35.5. The molecule has 0 saturated heterocycles. The molecule has 9 nitrogen and oxygen atoms in total. The minimum absolute atomic E-state index is 0.131. The fraction of sp³-hybridized carbons (Fsp3) is 0.0851. The van der Waals surface area contributed by atoms with Gasteiger partial charge in [0.2, 0.25) is 5.88 Å². The molecule has 0 amide bonds. The number of benzene rings is 5. The van der Waals surface area contributed by atoms with Gasteiger partial charge in [-0.1, -0.05) is 84.4 Å². The number of aromatic amines is 2. The normalized spacial score (nSPS) is 11.0. The molecule has 5 heterocycles. The molecule has 5 aromatic carbocycles. The Balaban J connectivity index is 0.000000137. The van der Waals surface area contributed by atoms with Crippen molar-refractivity contribution in [3.05, 3.63) is 190 Å². The number of hydrogen-bond donors (Lipinski definition) is 3. The number of nitrogens with zero attached hydrogens (tertiary/aromatic N) is 5. The number of aryl methyl sites for hydroxylation is 2. The summed E-state index contributed by atoms with van der Waals surface area (Å²) in [5.41, 5.74) is 7.33. The average molecular weight is 804 g/mol. The maximum Gasteiger partial charge on any atom is 0.246 e. The van der Waals surface area contributed by atoms with Gasteiger partial charge in [0, 0.05) is 80.0 Å². The van der Waals surface area contributed by atoms with Gasteiger partial charge < -0.3 is 19.8 Å². The lowest BCUT2D eigenvalue weighted by molar-refractivity contribution is 0.429. The molecule has 10 rings (SSSR count). The Morgan fingerprint density at radius 1 is 0.559 bits per heavy atom. The lowest BCUT2D eigenvalue weighted by Gasteiger charge is -2.11. The average Bonchev–Trinajstić information content (AvgIpc) is 3.85. The molecular weight excluding hydrogens is 768 g/mol. The Hall–Kier alpha value is -7.24. The third kappa shape index (κ3) is 8.56. The predicted octanol–water partition coefficient (Wildman–Crippen LogP) is 11.5. The topological polar surface area (TPSA) is 125 Å². The number of fused-ring (bicyclic) bond motifs is 4. The number of phenolic OH excluding ortho intramolecular Hbond substituents is 1. The van der Waals surface area contributed by atoms with Crippen LogP contribution >= 0.6 is 11.6 Å². The lowest BCUT2D eigenvalue weighted by Crippen LogP contribution is -2.00. The van der Waals surface area contributed by atoms with E-state index in [9.17, 15) is 8.78 Å². The minimum atomic E-state index is -0.558. The van der Waals surface area contributed by atoms with Crippen LogP contribution in [0.1, 0.15) is 33.9 Å². The van der Waals surface area contributed by atoms with E-state index in [4.69, 9.17) is 21.4 Å². The van der Waals surface area contributed by atoms with E-state index < -0.39 is 11.6 Å². The van der Waals surface area contributed by atoms with Crippen molar-refractivity contribution in [2.24, 2.45) is 0 Å². The molecule has 0 spiro atoms. The van der Waals surface area contributed by atoms with Crippen LogP contribution in [-0.2, 0) is 12.8 Å². The molecule has 5 aromatic heterocycles. The van der Waals surface area contributed by atoms with Crippen LogP contribution in [-0.4, -0.2) is 40.5 Å². The first-order chi connectivity index (χ1) is 28.7. The van der Waals surface area contributed by atoms with Gasteiger partial charge in [-0.2, -0.15) is 10.2 Å². The number of pyridine rings is 1. The van der Waals surface area contributed by atoms with Crippen molar-refractivity contribution in [3.63, 3.8) is 0 Å². The molecule has 0 aliphatic carbocycles. The fourth-order valence-electron chi connectivity index (χ4n) is 6.85. The van der Waals surface area contributed by atoms with Gasteiger partial charge in [-0.15, -0.1) is 10.2 Å². The number of H-pyrrole nitrogens is 2. The molecule has 0 aliphatic heterocycles. The molecule has 12 heteroatoms. The molecule has 0 aliphatic rings. The van der Waals surface area contributed by atoms with Crippen LogP contribution in [0.2, 0.25) is 5.15 Å². The van der Waals surface area contributed by atoms with E-state index >= 15 is 0 Å². The molecule has 292 valence electrons. The van der Waals surface area contributed by atoms with Crippen molar-refractivity contribution in [1.82, 2.24) is 35.3 Å². The van der Waals surface area contributed by atoms with Crippen molar-refractivity contribution in [2.45, 2.75) is 26.7 Å². The maximum absolute atomic E-state index is 14.9. The lowest BCUT2D eigenvalue weighted by atomic mass is 10.0. The molecule has 0 saturated carbocycles. The van der Waals surface area contributed by atoms with Crippen molar-refractivity contribution >= 4 is 55.0 Å². The van der Waals surface area contributed by atoms with Gasteiger partial charge in [-0.3, -0.25) is 4.98 Å². The first-order valence-corrected chi connectivity index (χ1v) is 19.1. The van der Waals surface area contributed by atoms with Gasteiger partial charge in [0.1, 0.15) is 0 Å². The summed E-state index contributed by atoms with van der Waals surface area (Å²) in [7, 11) is 0. The zero-order valence-corrected chi connectivity index (χ0v) is 32.7. The summed E-state index contributed by atoms with van der Waals surface area (Å²) in [4.78, 5) is 10.1. The summed E-state index contributed by atoms with van der Waals surface area (Å²) >= 11 is 6.05. The van der Waals surface area contributed by atoms with Gasteiger partial charge in [-0.25, -0.2) is 8.78 Å². The SMILES string of the molecule is Cc1cc2c(F)c(O)ccc2[nH]1.Cc1cc2c(F)c(Oc3nnc(Cc4ccccc4)c4ccccc34)ccc2[nH]1.Clc1nnc(Cc2ccncc2)c2ccccc12. The first kappa shape index (κ1) is 38.6. The van der Waals surface area contributed by atoms with Gasteiger partial charge in [0.05, 0.1) is 11.4 Å². The first-order valence-electron chi connectivity index (χ1n) is 18.7. The smallest absolute Gasteiger partial charge is 0.246 e. The minimum Gasteiger partial charge on any atom is -0.505 e. The number of ether oxygens (including phenoxy) is 1. The van der Waals surface area contributed by atoms with Crippen LogP contribution in [0.3, 0.4) is 0 Å². The molecule has 0 fully saturated rings. The number of aromatic nitrogens is 7. The van der Waals surface area contributed by atoms with Crippen molar-refractivity contribution in [1.29, 1.82) is 0 Å². The Labute approximate surface area is 342 Å². The van der Waals surface area contributed by atoms with Crippen LogP contribution in [0.5, 0.6) is 17.4 Å². The molecular formula is C47H36ClF2N7O2. The van der Waals surface area contributed by atoms with E-state index in [-0.39, 0.29) is 11.5 Å². The van der Waals surface area contributed by atoms with Crippen LogP contribution in [0.4, 0.5) is 8.78 Å². The van der Waals surface area contributed by atoms with E-state index in [1.165, 1.54) is 6.07 Å². The Kier molecular flexibility index (Phi) is 11.2. The van der Waals surface area contributed by atoms with Crippen LogP contribution in [0.25, 0.3) is 43.4 Å². The molecule has 0 atom stereocenters. The number of rotatable bonds is 6. The highest BCUT2D eigenvalue weighted by Crippen LogP contribution is 2.34. The van der Waals surface area contributed by atoms with Crippen LogP contribution in [0.15, 0.2) is 140 Å². The molecule has 0 bridgehead atoms. The number of phenols is 1. The Morgan fingerprint density at radius 2 is 1.08 bits per heavy atom. The zero-order chi connectivity index (χ0) is 40.9. The molecule has 10 aromatic rings. The molecule has 3 N–H and O–H groups in total. The zero-order valence-electron chi connectivity index (χ0n) is 31.9. The third-order valence-electron chi connectivity index (χ3n) is 9.68. The highest BCUT2D eigenvalue weighted by Gasteiger charge is 2.16. The quantitative estimate of drug-likeness (QED) is 0.153. The van der Waals surface area contributed by atoms with Gasteiger partial charge >= 0.3 is 0 Å². The second-order valence-electron chi connectivity index (χ2n) is 13.9. The molecule has 0 unspecified atom stereocenters. The van der Waals surface area contributed by atoms with Crippen molar-refractivity contribution in [3.8, 4) is 17.4 Å². The van der Waals surface area contributed by atoms with Gasteiger partial charge in [0.15, 0.2) is 28.3 Å². The van der Waals surface area contributed by atoms with Crippen LogP contribution in [0, 0.1) is 25.5 Å². The van der Waals surface area contributed by atoms with Gasteiger partial charge in [-0.05, 0) is 79.6 Å². The standard InChI is InChI=1S/C24H18FN3O.C14H10ClN3.C9H8FNO/c1-15-13-19-20(26-15)11-12-22(23(19)25)29-24-18-10-6-5-9-17(18)21(27-28-24)14-16-7-3-2-4-8-16;15-14-12-4-2-1-3-11(12)13(17-18-14)9-10-5-7-16-8-6-10;1-5-4-6-7(11-5)2-3-8(12)9(6)10/h2-13,26H,14H2,1H3;1-8H,9H2;2-4,11-12H,1H3. The molecule has 59 heavy (non-hydrogen) atoms. The number of nitrogens with one attached hydrogen (secondary N) is 2. The second-order valence-corrected chi connectivity index (χ2v) is 14.2. The molecule has 0 radical (unpaired) electrons. The highest BCUT2D eigenvalue weighted by molar-refractivity contribution is 6.34. The summed E-state index contributed by atoms with van der Waals surface area (Å²) in [5, 5.41) is 31.0. The Bertz CT molecular complexity index is 3070. The maximum atomic E-state index is 14.9. The monoisotopic (exact) mass is 803 g/mol. The van der Waals surface area contributed by atoms with E-state index in [1.807, 2.05) is 92.7 Å². The summed E-state index contributed by atoms with van der Waals surface area (Å²) in [6, 6.07) is 39.6. The van der Waals surface area contributed by atoms with E-state index in [2.05, 4.69) is 47.5 Å². The van der Waals surface area contributed by atoms with E-state index in [0.717, 1.165) is 67.4 Å². The van der Waals surface area contributed by atoms with E-state index in [1.54, 1.807) is 42.7 Å². The Morgan fingerprint density at radius 3 is 1.75 bits per heavy atom. The summed E-state index contributed by atoms with van der Waals surface area (Å²) in [6.45, 7) is 3.74. The van der Waals surface area contributed by atoms with Crippen LogP contribution < -0.4 is 4.74 Å². The second kappa shape index (κ2) is 17.1. The number of hydrogen-bond acceptors (Lipinski definition) is 7. The van der Waals surface area contributed by atoms with E-state index in [0.29, 0.717) is 33.7 Å². The number of aromatic hydroxyl groups is 1. The summed E-state index contributed by atoms with van der Waals surface area (Å²) in [5.74, 6) is -0.848.